The smallest absolute Gasteiger partial charge is 0.159 e. The van der Waals surface area contributed by atoms with Gasteiger partial charge in [-0.05, 0) is 82.1 Å². The van der Waals surface area contributed by atoms with Gasteiger partial charge in [-0.1, -0.05) is 36.3 Å². The Kier molecular flexibility index (Phi) is 5.89. The zero-order valence-electron chi connectivity index (χ0n) is 18.9. The Morgan fingerprint density at radius 3 is 2.80 bits per heavy atom. The minimum Gasteiger partial charge on any atom is -0.393 e. The molecule has 0 unspecified atom stereocenters. The molecular formula is C26H38O4. The van der Waals surface area contributed by atoms with Crippen LogP contribution in [0.15, 0.2) is 35.5 Å². The SMILES string of the molecule is CO[C@@](C)(/C=C/[C@H](C)O)[C@@H]1CC[C@@H]2C3=CC(=O)[C@H]4CC(=CC[C@H](O)C4)[C@H]3CC[C@@]21C. The highest BCUT2D eigenvalue weighted by molar-refractivity contribution is 5.93. The van der Waals surface area contributed by atoms with Gasteiger partial charge in [0.2, 0.25) is 0 Å². The Bertz CT molecular complexity index is 778. The lowest BCUT2D eigenvalue weighted by molar-refractivity contribution is -0.119. The second kappa shape index (κ2) is 8.03. The number of ketones is 1. The molecule has 4 aliphatic carbocycles. The third-order valence-corrected chi connectivity index (χ3v) is 8.80. The van der Waals surface area contributed by atoms with Gasteiger partial charge in [0.05, 0.1) is 17.8 Å². The Labute approximate surface area is 181 Å². The molecule has 4 rings (SSSR count). The van der Waals surface area contributed by atoms with Crippen molar-refractivity contribution in [2.45, 2.75) is 83.5 Å². The van der Waals surface area contributed by atoms with Crippen LogP contribution in [-0.2, 0) is 9.53 Å². The molecule has 0 aliphatic heterocycles. The van der Waals surface area contributed by atoms with Gasteiger partial charge in [-0.15, -0.1) is 0 Å². The first-order valence-electron chi connectivity index (χ1n) is 11.7. The monoisotopic (exact) mass is 414 g/mol. The van der Waals surface area contributed by atoms with E-state index in [-0.39, 0.29) is 23.2 Å². The van der Waals surface area contributed by atoms with Crippen LogP contribution in [0.3, 0.4) is 0 Å². The summed E-state index contributed by atoms with van der Waals surface area (Å²) in [5, 5.41) is 20.0. The van der Waals surface area contributed by atoms with Gasteiger partial charge < -0.3 is 14.9 Å². The van der Waals surface area contributed by atoms with E-state index >= 15 is 0 Å². The molecule has 0 aromatic carbocycles. The molecular weight excluding hydrogens is 376 g/mol. The van der Waals surface area contributed by atoms with Gasteiger partial charge >= 0.3 is 0 Å². The van der Waals surface area contributed by atoms with Crippen LogP contribution in [-0.4, -0.2) is 40.9 Å². The second-order valence-corrected chi connectivity index (χ2v) is 10.6. The van der Waals surface area contributed by atoms with Crippen LogP contribution in [0.4, 0.5) is 0 Å². The van der Waals surface area contributed by atoms with Gasteiger partial charge in [0.25, 0.3) is 0 Å². The third kappa shape index (κ3) is 3.65. The minimum atomic E-state index is -0.493. The molecule has 30 heavy (non-hydrogen) atoms. The average Bonchev–Trinajstić information content (AvgIpc) is 2.86. The molecule has 0 amide bonds. The first-order valence-corrected chi connectivity index (χ1v) is 11.7. The first kappa shape index (κ1) is 22.0. The van der Waals surface area contributed by atoms with Crippen LogP contribution < -0.4 is 0 Å². The average molecular weight is 415 g/mol. The van der Waals surface area contributed by atoms with Crippen molar-refractivity contribution in [2.24, 2.45) is 29.1 Å². The summed E-state index contributed by atoms with van der Waals surface area (Å²) in [4.78, 5) is 13.1. The number of hydrogen-bond acceptors (Lipinski definition) is 4. The Morgan fingerprint density at radius 1 is 1.33 bits per heavy atom. The van der Waals surface area contributed by atoms with Crippen LogP contribution >= 0.6 is 0 Å². The standard InChI is InChI=1S/C26H38O4/c1-16(27)9-12-26(3,30-4)24-8-7-22-21-15-23(29)18-13-17(5-6-19(28)14-18)20(21)10-11-25(22,24)2/h5,9,12,15-16,18-20,22,24,27-28H,6-8,10-11,13-14H2,1-4H3/b12-9+/t16-,18-,19-,20+,22+,24+,25-,26-/m0/s1. The number of hydrogen-bond donors (Lipinski definition) is 2. The van der Waals surface area contributed by atoms with Gasteiger partial charge in [0, 0.05) is 18.9 Å². The number of fused-ring (bicyclic) bond motifs is 6. The Hall–Kier alpha value is -1.23. The van der Waals surface area contributed by atoms with Crippen molar-refractivity contribution in [3.63, 3.8) is 0 Å². The maximum atomic E-state index is 13.1. The Balaban J connectivity index is 1.69. The molecule has 2 bridgehead atoms. The molecule has 2 fully saturated rings. The zero-order valence-corrected chi connectivity index (χ0v) is 18.9. The summed E-state index contributed by atoms with van der Waals surface area (Å²) >= 11 is 0. The maximum Gasteiger partial charge on any atom is 0.159 e. The van der Waals surface area contributed by atoms with Crippen molar-refractivity contribution in [1.29, 1.82) is 0 Å². The van der Waals surface area contributed by atoms with Crippen molar-refractivity contribution in [2.75, 3.05) is 7.11 Å². The summed E-state index contributed by atoms with van der Waals surface area (Å²) in [5.74, 6) is 1.26. The van der Waals surface area contributed by atoms with E-state index in [9.17, 15) is 15.0 Å². The highest BCUT2D eigenvalue weighted by Gasteiger charge is 2.57. The summed E-state index contributed by atoms with van der Waals surface area (Å²) in [6.45, 7) is 6.31. The van der Waals surface area contributed by atoms with Gasteiger partial charge in [0.1, 0.15) is 0 Å². The number of allylic oxidation sites excluding steroid dienone is 3. The summed E-state index contributed by atoms with van der Waals surface area (Å²) < 4.78 is 6.04. The number of carbonyl (C=O) groups excluding carboxylic acids is 1. The molecule has 4 nitrogen and oxygen atoms in total. The van der Waals surface area contributed by atoms with Crippen molar-refractivity contribution < 1.29 is 19.7 Å². The summed E-state index contributed by atoms with van der Waals surface area (Å²) in [6, 6.07) is 0. The summed E-state index contributed by atoms with van der Waals surface area (Å²) in [6.07, 6.45) is 13.6. The zero-order chi connectivity index (χ0) is 21.7. The van der Waals surface area contributed by atoms with E-state index in [1.54, 1.807) is 14.0 Å². The largest absolute Gasteiger partial charge is 0.393 e. The highest BCUT2D eigenvalue weighted by Crippen LogP contribution is 2.63. The molecule has 4 heteroatoms. The second-order valence-electron chi connectivity index (χ2n) is 10.6. The number of aliphatic hydroxyl groups excluding tert-OH is 2. The normalized spacial score (nSPS) is 41.8. The predicted octanol–water partition coefficient (Wildman–Crippen LogP) is 4.37. The van der Waals surface area contributed by atoms with Crippen LogP contribution in [0.1, 0.15) is 65.7 Å². The van der Waals surface area contributed by atoms with Gasteiger partial charge in [-0.25, -0.2) is 0 Å². The number of carbonyl (C=O) groups is 1. The third-order valence-electron chi connectivity index (χ3n) is 8.80. The van der Waals surface area contributed by atoms with Gasteiger partial charge in [-0.2, -0.15) is 0 Å². The van der Waals surface area contributed by atoms with Crippen molar-refractivity contribution in [1.82, 2.24) is 0 Å². The molecule has 166 valence electrons. The lowest BCUT2D eigenvalue weighted by Crippen LogP contribution is -2.46. The van der Waals surface area contributed by atoms with Crippen LogP contribution in [0.2, 0.25) is 0 Å². The quantitative estimate of drug-likeness (QED) is 0.671. The summed E-state index contributed by atoms with van der Waals surface area (Å²) in [7, 11) is 1.77. The molecule has 0 saturated heterocycles. The van der Waals surface area contributed by atoms with E-state index in [0.29, 0.717) is 30.6 Å². The first-order chi connectivity index (χ1) is 14.2. The predicted molar refractivity (Wildman–Crippen MR) is 118 cm³/mol. The molecule has 0 heterocycles. The van der Waals surface area contributed by atoms with E-state index in [1.165, 1.54) is 11.1 Å². The topological polar surface area (TPSA) is 66.8 Å². The lowest BCUT2D eigenvalue weighted by Gasteiger charge is -2.49. The highest BCUT2D eigenvalue weighted by atomic mass is 16.5. The van der Waals surface area contributed by atoms with Crippen LogP contribution in [0, 0.1) is 29.1 Å². The van der Waals surface area contributed by atoms with E-state index in [0.717, 1.165) is 32.1 Å². The molecule has 0 spiro atoms. The van der Waals surface area contributed by atoms with E-state index in [2.05, 4.69) is 26.0 Å². The fraction of sp³-hybridized carbons (Fsp3) is 0.731. The number of aliphatic hydroxyl groups is 2. The van der Waals surface area contributed by atoms with Gasteiger partial charge in [0.15, 0.2) is 5.78 Å². The fourth-order valence-corrected chi connectivity index (χ4v) is 7.14. The number of ether oxygens (including phenoxy) is 1. The van der Waals surface area contributed by atoms with Crippen molar-refractivity contribution in [3.8, 4) is 0 Å². The number of rotatable bonds is 4. The van der Waals surface area contributed by atoms with Gasteiger partial charge in [-0.3, -0.25) is 4.79 Å². The molecule has 4 aliphatic rings. The van der Waals surface area contributed by atoms with E-state index in [4.69, 9.17) is 4.74 Å². The van der Waals surface area contributed by atoms with E-state index in [1.807, 2.05) is 12.2 Å². The molecule has 2 N–H and O–H groups in total. The van der Waals surface area contributed by atoms with Crippen molar-refractivity contribution >= 4 is 5.78 Å². The maximum absolute atomic E-state index is 13.1. The minimum absolute atomic E-state index is 0.0616. The molecule has 0 radical (unpaired) electrons. The fourth-order valence-electron chi connectivity index (χ4n) is 7.14. The van der Waals surface area contributed by atoms with Crippen molar-refractivity contribution in [3.05, 3.63) is 35.5 Å². The molecule has 0 aromatic rings. The molecule has 2 saturated carbocycles. The molecule has 8 atom stereocenters. The van der Waals surface area contributed by atoms with Crippen LogP contribution in [0.5, 0.6) is 0 Å². The van der Waals surface area contributed by atoms with Crippen LogP contribution in [0.25, 0.3) is 0 Å². The van der Waals surface area contributed by atoms with E-state index < -0.39 is 11.7 Å². The molecule has 0 aromatic heterocycles. The summed E-state index contributed by atoms with van der Waals surface area (Å²) in [5.41, 5.74) is 2.38. The number of methoxy groups -OCH3 is 1. The lowest BCUT2D eigenvalue weighted by atomic mass is 9.57. The Morgan fingerprint density at radius 2 is 2.10 bits per heavy atom.